The molecule has 1 N–H and O–H groups in total. The second kappa shape index (κ2) is 8.11. The van der Waals surface area contributed by atoms with Crippen molar-refractivity contribution >= 4 is 17.6 Å². The van der Waals surface area contributed by atoms with E-state index in [1.54, 1.807) is 19.1 Å². The number of rotatable bonds is 4. The Morgan fingerprint density at radius 3 is 2.69 bits per heavy atom. The maximum atomic E-state index is 13.6. The van der Waals surface area contributed by atoms with E-state index in [0.717, 1.165) is 42.1 Å². The minimum Gasteiger partial charge on any atom is -0.495 e. The van der Waals surface area contributed by atoms with Gasteiger partial charge in [-0.2, -0.15) is 0 Å². The average molecular weight is 436 g/mol. The van der Waals surface area contributed by atoms with Crippen LogP contribution in [0.2, 0.25) is 0 Å². The van der Waals surface area contributed by atoms with E-state index in [-0.39, 0.29) is 30.9 Å². The van der Waals surface area contributed by atoms with Crippen LogP contribution >= 0.6 is 0 Å². The summed E-state index contributed by atoms with van der Waals surface area (Å²) in [5.74, 6) is 0.652. The number of likely N-dealkylation sites (N-methyl/N-ethyl adjacent to an activating group) is 1. The van der Waals surface area contributed by atoms with Gasteiger partial charge in [0.1, 0.15) is 24.2 Å². The van der Waals surface area contributed by atoms with Gasteiger partial charge in [-0.05, 0) is 31.0 Å². The van der Waals surface area contributed by atoms with Crippen LogP contribution in [-0.2, 0) is 11.3 Å². The van der Waals surface area contributed by atoms with Crippen molar-refractivity contribution in [3.8, 4) is 5.75 Å². The summed E-state index contributed by atoms with van der Waals surface area (Å²) in [6.07, 6.45) is 0.361. The highest BCUT2D eigenvalue weighted by molar-refractivity contribution is 6.00. The lowest BCUT2D eigenvalue weighted by atomic mass is 10.1. The summed E-state index contributed by atoms with van der Waals surface area (Å²) >= 11 is 0. The second-order valence-corrected chi connectivity index (χ2v) is 8.69. The smallest absolute Gasteiger partial charge is 0.328 e. The molecule has 3 saturated heterocycles. The number of anilines is 1. The molecule has 2 aromatic carbocycles. The topological polar surface area (TPSA) is 68.4 Å². The van der Waals surface area contributed by atoms with Crippen molar-refractivity contribution in [2.75, 3.05) is 32.1 Å². The van der Waals surface area contributed by atoms with E-state index in [2.05, 4.69) is 15.1 Å². The third-order valence-electron chi connectivity index (χ3n) is 6.69. The number of carbonyl (C=O) groups is 2. The largest absolute Gasteiger partial charge is 0.495 e. The van der Waals surface area contributed by atoms with Crippen LogP contribution in [-0.4, -0.2) is 72.4 Å². The van der Waals surface area contributed by atoms with Gasteiger partial charge in [0.25, 0.3) is 5.91 Å². The number of ether oxygens (including phenoxy) is 1. The van der Waals surface area contributed by atoms with Crippen molar-refractivity contribution in [1.29, 1.82) is 0 Å². The van der Waals surface area contributed by atoms with E-state index in [1.807, 2.05) is 55.5 Å². The molecule has 5 rings (SSSR count). The highest BCUT2D eigenvalue weighted by Crippen LogP contribution is 2.36. The zero-order chi connectivity index (χ0) is 22.4. The molecule has 3 amide bonds. The van der Waals surface area contributed by atoms with Gasteiger partial charge in [0.2, 0.25) is 0 Å². The zero-order valence-electron chi connectivity index (χ0n) is 18.7. The maximum Gasteiger partial charge on any atom is 0.328 e. The Bertz CT molecular complexity index is 1040. The molecule has 2 aromatic rings. The third-order valence-corrected chi connectivity index (χ3v) is 6.69. The zero-order valence-corrected chi connectivity index (χ0v) is 18.7. The number of carbonyl (C=O) groups excluding carboxylic acids is 2. The van der Waals surface area contributed by atoms with Gasteiger partial charge >= 0.3 is 6.03 Å². The van der Waals surface area contributed by atoms with Gasteiger partial charge in [0, 0.05) is 20.1 Å². The lowest BCUT2D eigenvalue weighted by Crippen LogP contribution is -2.66. The van der Waals surface area contributed by atoms with Gasteiger partial charge in [-0.3, -0.25) is 19.9 Å². The van der Waals surface area contributed by atoms with Crippen molar-refractivity contribution in [2.45, 2.75) is 38.4 Å². The fourth-order valence-corrected chi connectivity index (χ4v) is 5.17. The second-order valence-electron chi connectivity index (χ2n) is 8.69. The number of fused-ring (bicyclic) bond motifs is 3. The molecule has 0 aliphatic carbocycles. The number of benzene rings is 2. The van der Waals surface area contributed by atoms with Crippen LogP contribution in [0.15, 0.2) is 48.5 Å². The Balaban J connectivity index is 1.45. The number of imide groups is 1. The first-order valence-corrected chi connectivity index (χ1v) is 11.0. The number of hydrogen-bond acceptors (Lipinski definition) is 6. The number of hydrogen-bond donors (Lipinski definition) is 1. The molecule has 32 heavy (non-hydrogen) atoms. The highest BCUT2D eigenvalue weighted by atomic mass is 16.5. The molecule has 3 atom stereocenters. The van der Waals surface area contributed by atoms with Crippen molar-refractivity contribution in [1.82, 2.24) is 20.0 Å². The fourth-order valence-electron chi connectivity index (χ4n) is 5.17. The Hall–Kier alpha value is -3.10. The molecule has 0 radical (unpaired) electrons. The van der Waals surface area contributed by atoms with Gasteiger partial charge in [0.15, 0.2) is 0 Å². The molecule has 3 unspecified atom stereocenters. The maximum absolute atomic E-state index is 13.6. The monoisotopic (exact) mass is 435 g/mol. The van der Waals surface area contributed by atoms with E-state index in [1.165, 1.54) is 4.90 Å². The van der Waals surface area contributed by atoms with Crippen LogP contribution in [0.3, 0.4) is 0 Å². The molecule has 8 nitrogen and oxygen atoms in total. The minimum absolute atomic E-state index is 0.142. The molecule has 3 heterocycles. The number of nitrogens with zero attached hydrogens (tertiary/aromatic N) is 4. The molecule has 0 bridgehead atoms. The summed E-state index contributed by atoms with van der Waals surface area (Å²) in [4.78, 5) is 34.3. The quantitative estimate of drug-likeness (QED) is 0.794. The number of aryl methyl sites for hydroxylation is 1. The van der Waals surface area contributed by atoms with E-state index in [4.69, 9.17) is 4.74 Å². The predicted molar refractivity (Wildman–Crippen MR) is 121 cm³/mol. The predicted octanol–water partition coefficient (Wildman–Crippen LogP) is 2.19. The van der Waals surface area contributed by atoms with Gasteiger partial charge in [-0.1, -0.05) is 42.0 Å². The number of methoxy groups -OCH3 is 1. The van der Waals surface area contributed by atoms with Crippen LogP contribution in [0.25, 0.3) is 0 Å². The molecule has 0 saturated carbocycles. The fraction of sp³-hybridized carbons (Fsp3) is 0.417. The Morgan fingerprint density at radius 1 is 1.09 bits per heavy atom. The van der Waals surface area contributed by atoms with E-state index >= 15 is 0 Å². The van der Waals surface area contributed by atoms with Crippen LogP contribution in [0, 0.1) is 6.92 Å². The number of urea groups is 1. The number of para-hydroxylation sites is 2. The number of amides is 3. The third kappa shape index (κ3) is 3.30. The first kappa shape index (κ1) is 20.8. The van der Waals surface area contributed by atoms with Gasteiger partial charge in [0.05, 0.1) is 19.3 Å². The first-order valence-electron chi connectivity index (χ1n) is 11.0. The molecule has 3 aliphatic rings. The van der Waals surface area contributed by atoms with Crippen LogP contribution in [0.4, 0.5) is 10.5 Å². The molecule has 8 heteroatoms. The average Bonchev–Trinajstić information content (AvgIpc) is 3.20. The minimum atomic E-state index is -0.426. The molecule has 3 fully saturated rings. The molecule has 3 aliphatic heterocycles. The van der Waals surface area contributed by atoms with Crippen molar-refractivity contribution < 1.29 is 14.3 Å². The van der Waals surface area contributed by atoms with Crippen LogP contribution < -0.4 is 15.0 Å². The highest BCUT2D eigenvalue weighted by Gasteiger charge is 2.56. The summed E-state index contributed by atoms with van der Waals surface area (Å²) in [6, 6.07) is 15.2. The number of nitrogens with one attached hydrogen (secondary N) is 1. The first-order chi connectivity index (χ1) is 15.5. The lowest BCUT2D eigenvalue weighted by molar-refractivity contribution is -0.139. The molecular formula is C24H29N5O3. The standard InChI is InChI=1S/C24H29N5O3/c1-16-8-6-9-17(14-16)15-29-22(30)20-21(26(2)24(29)31)25-23-27(12-7-13-28(20)23)18-10-4-5-11-19(18)32-3/h4-6,8-11,14,20-21,23,25H,7,12-13,15H2,1-3H3. The Labute approximate surface area is 188 Å². The van der Waals surface area contributed by atoms with Gasteiger partial charge < -0.3 is 14.5 Å². The van der Waals surface area contributed by atoms with E-state index in [9.17, 15) is 9.59 Å². The lowest BCUT2D eigenvalue weighted by Gasteiger charge is -2.44. The van der Waals surface area contributed by atoms with Crippen molar-refractivity contribution in [3.63, 3.8) is 0 Å². The van der Waals surface area contributed by atoms with Gasteiger partial charge in [-0.25, -0.2) is 4.79 Å². The summed E-state index contributed by atoms with van der Waals surface area (Å²) in [5.41, 5.74) is 3.04. The van der Waals surface area contributed by atoms with E-state index < -0.39 is 6.04 Å². The van der Waals surface area contributed by atoms with Gasteiger partial charge in [-0.15, -0.1) is 0 Å². The van der Waals surface area contributed by atoms with Crippen molar-refractivity contribution in [2.24, 2.45) is 0 Å². The summed E-state index contributed by atoms with van der Waals surface area (Å²) in [5, 5.41) is 3.55. The van der Waals surface area contributed by atoms with Crippen LogP contribution in [0.5, 0.6) is 5.75 Å². The Kier molecular flexibility index (Phi) is 5.27. The molecule has 0 spiro atoms. The molecular weight excluding hydrogens is 406 g/mol. The van der Waals surface area contributed by atoms with Crippen LogP contribution in [0.1, 0.15) is 17.5 Å². The van der Waals surface area contributed by atoms with E-state index in [0.29, 0.717) is 0 Å². The summed E-state index contributed by atoms with van der Waals surface area (Å²) in [7, 11) is 3.44. The SMILES string of the molecule is COc1ccccc1N1CCCN2C3C(=O)N(Cc4cccc(C)c4)C(=O)N(C)C3NC12. The normalized spacial score (nSPS) is 25.7. The summed E-state index contributed by atoms with van der Waals surface area (Å²) in [6.45, 7) is 3.92. The van der Waals surface area contributed by atoms with Crippen molar-refractivity contribution in [3.05, 3.63) is 59.7 Å². The molecule has 168 valence electrons. The summed E-state index contributed by atoms with van der Waals surface area (Å²) < 4.78 is 5.59. The molecule has 0 aromatic heterocycles. The Morgan fingerprint density at radius 2 is 1.91 bits per heavy atom.